The average Bonchev–Trinajstić information content (AvgIpc) is 2.88. The molecule has 0 saturated carbocycles. The summed E-state index contributed by atoms with van der Waals surface area (Å²) in [5.41, 5.74) is 0.498. The van der Waals surface area contributed by atoms with Gasteiger partial charge in [0, 0.05) is 18.4 Å². The van der Waals surface area contributed by atoms with Crippen molar-refractivity contribution < 1.29 is 14.6 Å². The molecule has 0 aromatic carbocycles. The molecule has 1 atom stereocenters. The third-order valence-corrected chi connectivity index (χ3v) is 5.28. The normalized spacial score (nSPS) is 17.6. The Morgan fingerprint density at radius 3 is 2.95 bits per heavy atom. The van der Waals surface area contributed by atoms with E-state index in [9.17, 15) is 14.7 Å². The molecule has 1 unspecified atom stereocenters. The molecular formula is C15H18N2O4S. The van der Waals surface area contributed by atoms with Crippen LogP contribution in [0.25, 0.3) is 10.2 Å². The zero-order valence-corrected chi connectivity index (χ0v) is 13.4. The molecule has 0 bridgehead atoms. The van der Waals surface area contributed by atoms with Crippen molar-refractivity contribution in [3.05, 3.63) is 26.6 Å². The molecule has 22 heavy (non-hydrogen) atoms. The van der Waals surface area contributed by atoms with E-state index in [0.717, 1.165) is 17.7 Å². The number of aryl methyl sites for hydroxylation is 2. The van der Waals surface area contributed by atoms with Crippen molar-refractivity contribution in [1.82, 2.24) is 9.55 Å². The Bertz CT molecular complexity index is 793. The SMILES string of the molecule is CCc1nc2sc3c(c2c(=O)n1COC)C(C(=O)O)CCC3. The second kappa shape index (κ2) is 5.81. The number of carboxylic acids is 1. The molecule has 2 aromatic heterocycles. The molecule has 2 heterocycles. The summed E-state index contributed by atoms with van der Waals surface area (Å²) in [6.07, 6.45) is 2.86. The number of rotatable bonds is 4. The van der Waals surface area contributed by atoms with Gasteiger partial charge < -0.3 is 9.84 Å². The van der Waals surface area contributed by atoms with Gasteiger partial charge in [0.05, 0.1) is 11.3 Å². The predicted octanol–water partition coefficient (Wildman–Crippen LogP) is 2.13. The number of nitrogens with zero attached hydrogens (tertiary/aromatic N) is 2. The molecule has 1 aliphatic carbocycles. The van der Waals surface area contributed by atoms with Gasteiger partial charge in [-0.15, -0.1) is 11.3 Å². The van der Waals surface area contributed by atoms with Crippen LogP contribution in [0.4, 0.5) is 0 Å². The number of thiophene rings is 1. The maximum atomic E-state index is 12.9. The third kappa shape index (κ3) is 2.24. The summed E-state index contributed by atoms with van der Waals surface area (Å²) in [6.45, 7) is 2.07. The summed E-state index contributed by atoms with van der Waals surface area (Å²) in [5.74, 6) is -0.793. The smallest absolute Gasteiger partial charge is 0.311 e. The first-order chi connectivity index (χ1) is 10.6. The van der Waals surface area contributed by atoms with Crippen LogP contribution in [0.2, 0.25) is 0 Å². The first-order valence-corrected chi connectivity index (χ1v) is 8.16. The Hall–Kier alpha value is -1.73. The van der Waals surface area contributed by atoms with Gasteiger partial charge in [-0.3, -0.25) is 14.2 Å². The standard InChI is InChI=1S/C15H18N2O4S/c1-3-10-16-13-12(14(18)17(10)7-21-2)11-8(15(19)20)5-4-6-9(11)22-13/h8H,3-7H2,1-2H3,(H,19,20). The molecule has 0 amide bonds. The number of hydrogen-bond donors (Lipinski definition) is 1. The van der Waals surface area contributed by atoms with Gasteiger partial charge in [-0.05, 0) is 24.8 Å². The van der Waals surface area contributed by atoms with Crippen LogP contribution in [0.1, 0.15) is 41.9 Å². The lowest BCUT2D eigenvalue weighted by Crippen LogP contribution is -2.27. The molecule has 0 aliphatic heterocycles. The summed E-state index contributed by atoms with van der Waals surface area (Å²) < 4.78 is 6.61. The molecule has 118 valence electrons. The largest absolute Gasteiger partial charge is 0.481 e. The molecule has 0 saturated heterocycles. The fraction of sp³-hybridized carbons (Fsp3) is 0.533. The van der Waals surface area contributed by atoms with Crippen molar-refractivity contribution in [2.75, 3.05) is 7.11 Å². The Labute approximate surface area is 131 Å². The number of fused-ring (bicyclic) bond motifs is 3. The summed E-state index contributed by atoms with van der Waals surface area (Å²) >= 11 is 1.46. The number of carboxylic acid groups (broad SMARTS) is 1. The third-order valence-electron chi connectivity index (χ3n) is 4.12. The summed E-state index contributed by atoms with van der Waals surface area (Å²) in [6, 6.07) is 0. The summed E-state index contributed by atoms with van der Waals surface area (Å²) in [4.78, 5) is 30.6. The van der Waals surface area contributed by atoms with Crippen LogP contribution < -0.4 is 5.56 Å². The van der Waals surface area contributed by atoms with Crippen LogP contribution in [0.15, 0.2) is 4.79 Å². The highest BCUT2D eigenvalue weighted by Gasteiger charge is 2.32. The fourth-order valence-electron chi connectivity index (χ4n) is 3.14. The Morgan fingerprint density at radius 1 is 1.55 bits per heavy atom. The maximum Gasteiger partial charge on any atom is 0.311 e. The highest BCUT2D eigenvalue weighted by atomic mass is 32.1. The second-order valence-electron chi connectivity index (χ2n) is 5.43. The highest BCUT2D eigenvalue weighted by molar-refractivity contribution is 7.18. The summed E-state index contributed by atoms with van der Waals surface area (Å²) in [5, 5.41) is 9.95. The quantitative estimate of drug-likeness (QED) is 0.932. The fourth-order valence-corrected chi connectivity index (χ4v) is 4.42. The Balaban J connectivity index is 2.34. The van der Waals surface area contributed by atoms with Gasteiger partial charge >= 0.3 is 5.97 Å². The van der Waals surface area contributed by atoms with Crippen LogP contribution in [-0.2, 0) is 29.1 Å². The lowest BCUT2D eigenvalue weighted by molar-refractivity contribution is -0.139. The second-order valence-corrected chi connectivity index (χ2v) is 6.52. The van der Waals surface area contributed by atoms with Gasteiger partial charge in [-0.1, -0.05) is 6.92 Å². The first kappa shape index (κ1) is 15.2. The zero-order chi connectivity index (χ0) is 15.9. The molecule has 3 rings (SSSR count). The van der Waals surface area contributed by atoms with Crippen LogP contribution in [0, 0.1) is 0 Å². The molecule has 0 fully saturated rings. The van der Waals surface area contributed by atoms with Crippen LogP contribution in [-0.4, -0.2) is 27.7 Å². The van der Waals surface area contributed by atoms with Crippen molar-refractivity contribution >= 4 is 27.5 Å². The van der Waals surface area contributed by atoms with Gasteiger partial charge in [0.1, 0.15) is 17.4 Å². The molecule has 6 nitrogen and oxygen atoms in total. The minimum absolute atomic E-state index is 0.132. The van der Waals surface area contributed by atoms with E-state index >= 15 is 0 Å². The van der Waals surface area contributed by atoms with Gasteiger partial charge in [0.15, 0.2) is 0 Å². The van der Waals surface area contributed by atoms with Crippen molar-refractivity contribution in [2.24, 2.45) is 0 Å². The van der Waals surface area contributed by atoms with Gasteiger partial charge in [0.2, 0.25) is 0 Å². The Morgan fingerprint density at radius 2 is 2.32 bits per heavy atom. The monoisotopic (exact) mass is 322 g/mol. The van der Waals surface area contributed by atoms with Crippen molar-refractivity contribution in [2.45, 2.75) is 45.3 Å². The minimum atomic E-state index is -0.863. The van der Waals surface area contributed by atoms with E-state index in [-0.39, 0.29) is 12.3 Å². The number of methoxy groups -OCH3 is 1. The number of carbonyl (C=O) groups is 1. The van der Waals surface area contributed by atoms with Crippen LogP contribution in [0.3, 0.4) is 0 Å². The van der Waals surface area contributed by atoms with Gasteiger partial charge in [-0.2, -0.15) is 0 Å². The predicted molar refractivity (Wildman–Crippen MR) is 83.6 cm³/mol. The van der Waals surface area contributed by atoms with E-state index in [1.807, 2.05) is 6.92 Å². The van der Waals surface area contributed by atoms with Crippen molar-refractivity contribution in [3.8, 4) is 0 Å². The van der Waals surface area contributed by atoms with E-state index in [1.54, 1.807) is 0 Å². The number of aromatic nitrogens is 2. The van der Waals surface area contributed by atoms with Gasteiger partial charge in [-0.25, -0.2) is 4.98 Å². The zero-order valence-electron chi connectivity index (χ0n) is 12.6. The number of hydrogen-bond acceptors (Lipinski definition) is 5. The van der Waals surface area contributed by atoms with Crippen molar-refractivity contribution in [3.63, 3.8) is 0 Å². The first-order valence-electron chi connectivity index (χ1n) is 7.35. The van der Waals surface area contributed by atoms with E-state index < -0.39 is 11.9 Å². The molecule has 1 N–H and O–H groups in total. The molecular weight excluding hydrogens is 304 g/mol. The van der Waals surface area contributed by atoms with E-state index in [0.29, 0.717) is 34.4 Å². The average molecular weight is 322 g/mol. The van der Waals surface area contributed by atoms with Crippen molar-refractivity contribution in [1.29, 1.82) is 0 Å². The van der Waals surface area contributed by atoms with Gasteiger partial charge in [0.25, 0.3) is 5.56 Å². The minimum Gasteiger partial charge on any atom is -0.481 e. The lowest BCUT2D eigenvalue weighted by Gasteiger charge is -2.19. The lowest BCUT2D eigenvalue weighted by atomic mass is 9.86. The maximum absolute atomic E-state index is 12.9. The highest BCUT2D eigenvalue weighted by Crippen LogP contribution is 2.40. The summed E-state index contributed by atoms with van der Waals surface area (Å²) in [7, 11) is 1.53. The molecule has 1 aliphatic rings. The Kier molecular flexibility index (Phi) is 4.01. The topological polar surface area (TPSA) is 81.4 Å². The number of ether oxygens (including phenoxy) is 1. The molecule has 0 spiro atoms. The molecule has 0 radical (unpaired) electrons. The van der Waals surface area contributed by atoms with Crippen LogP contribution in [0.5, 0.6) is 0 Å². The van der Waals surface area contributed by atoms with E-state index in [1.165, 1.54) is 23.0 Å². The van der Waals surface area contributed by atoms with E-state index in [4.69, 9.17) is 4.74 Å². The van der Waals surface area contributed by atoms with Crippen LogP contribution >= 0.6 is 11.3 Å². The molecule has 7 heteroatoms. The molecule has 2 aromatic rings. The van der Waals surface area contributed by atoms with E-state index in [2.05, 4.69) is 4.98 Å². The number of aliphatic carboxylic acids is 1.